The number of benzene rings is 2. The predicted octanol–water partition coefficient (Wildman–Crippen LogP) is 7.10. The average Bonchev–Trinajstić information content (AvgIpc) is 3.61. The Hall–Kier alpha value is -3.49. The number of hydrogen-bond donors (Lipinski definition) is 3. The molecule has 0 aliphatic heterocycles. The van der Waals surface area contributed by atoms with E-state index in [1.807, 2.05) is 63.7 Å². The number of carbonyl (C=O) groups is 2. The summed E-state index contributed by atoms with van der Waals surface area (Å²) in [6.07, 6.45) is 3.17. The molecule has 2 heterocycles. The molecule has 1 saturated carbocycles. The number of nitrogens with one attached hydrogen (secondary N) is 2. The van der Waals surface area contributed by atoms with Gasteiger partial charge in [0.2, 0.25) is 0 Å². The van der Waals surface area contributed by atoms with Crippen LogP contribution in [0.2, 0.25) is 10.0 Å². The Labute approximate surface area is 255 Å². The van der Waals surface area contributed by atoms with Crippen LogP contribution in [0.4, 0.5) is 0 Å². The minimum absolute atomic E-state index is 0.314. The molecule has 1 amide bonds. The number of nitrogens with zero attached hydrogens (tertiary/aromatic N) is 2. The topological polar surface area (TPSA) is 109 Å². The van der Waals surface area contributed by atoms with E-state index >= 15 is 0 Å². The number of aryl methyl sites for hydroxylation is 5. The molecule has 8 nitrogen and oxygen atoms in total. The molecule has 3 N–H and O–H groups in total. The third-order valence-electron chi connectivity index (χ3n) is 8.42. The molecule has 10 heteroatoms. The molecule has 5 rings (SSSR count). The van der Waals surface area contributed by atoms with Gasteiger partial charge in [0.25, 0.3) is 5.91 Å². The van der Waals surface area contributed by atoms with Crippen LogP contribution in [-0.2, 0) is 18.3 Å². The van der Waals surface area contributed by atoms with Crippen LogP contribution in [0.1, 0.15) is 64.2 Å². The number of fused-ring (bicyclic) bond motifs is 1. The molecule has 2 aromatic heterocycles. The molecule has 0 bridgehead atoms. The zero-order valence-electron chi connectivity index (χ0n) is 24.5. The van der Waals surface area contributed by atoms with E-state index in [0.717, 1.165) is 67.3 Å². The molecule has 4 aromatic rings. The summed E-state index contributed by atoms with van der Waals surface area (Å²) in [4.78, 5) is 29.0. The average molecular weight is 612 g/mol. The number of halogens is 2. The summed E-state index contributed by atoms with van der Waals surface area (Å²) in [5.41, 5.74) is 7.45. The number of ether oxygens (including phenoxy) is 1. The van der Waals surface area contributed by atoms with Gasteiger partial charge in [-0.25, -0.2) is 0 Å². The number of aromatic nitrogens is 3. The van der Waals surface area contributed by atoms with Crippen molar-refractivity contribution in [1.82, 2.24) is 20.1 Å². The summed E-state index contributed by atoms with van der Waals surface area (Å²) in [7, 11) is 1.89. The van der Waals surface area contributed by atoms with Crippen molar-refractivity contribution in [2.75, 3.05) is 6.61 Å². The minimum Gasteiger partial charge on any atom is -0.494 e. The van der Waals surface area contributed by atoms with E-state index in [2.05, 4.69) is 15.4 Å². The first-order valence-corrected chi connectivity index (χ1v) is 15.0. The van der Waals surface area contributed by atoms with Gasteiger partial charge in [-0.2, -0.15) is 5.10 Å². The number of hydrogen-bond acceptors (Lipinski definition) is 4. The SMILES string of the molecule is Cc1cc(OCCCc2c(C(=O)N[C@H]3CCC[C@H]3C(=O)O)[nH]c3c(-c4c(C)nn(C)c4C)c(Cl)ccc23)cc(C)c1Cl. The number of H-pyrrole nitrogens is 1. The fourth-order valence-electron chi connectivity index (χ4n) is 6.22. The Kier molecular flexibility index (Phi) is 8.58. The Morgan fingerprint density at radius 1 is 1.12 bits per heavy atom. The summed E-state index contributed by atoms with van der Waals surface area (Å²) in [6.45, 7) is 8.28. The third kappa shape index (κ3) is 5.62. The number of rotatable bonds is 9. The van der Waals surface area contributed by atoms with E-state index < -0.39 is 17.9 Å². The first-order valence-electron chi connectivity index (χ1n) is 14.2. The van der Waals surface area contributed by atoms with Crippen molar-refractivity contribution in [2.45, 2.75) is 65.8 Å². The van der Waals surface area contributed by atoms with Crippen molar-refractivity contribution in [3.8, 4) is 16.9 Å². The van der Waals surface area contributed by atoms with Gasteiger partial charge in [-0.15, -0.1) is 0 Å². The van der Waals surface area contributed by atoms with Crippen molar-refractivity contribution < 1.29 is 19.4 Å². The molecular weight excluding hydrogens is 575 g/mol. The number of carboxylic acids is 1. The van der Waals surface area contributed by atoms with E-state index in [1.54, 1.807) is 0 Å². The fourth-order valence-corrected chi connectivity index (χ4v) is 6.59. The van der Waals surface area contributed by atoms with Crippen LogP contribution in [0.25, 0.3) is 22.0 Å². The molecule has 0 saturated heterocycles. The summed E-state index contributed by atoms with van der Waals surface area (Å²) >= 11 is 13.1. The number of carboxylic acid groups (broad SMARTS) is 1. The van der Waals surface area contributed by atoms with Gasteiger partial charge < -0.3 is 20.1 Å². The molecule has 0 radical (unpaired) electrons. The van der Waals surface area contributed by atoms with Gasteiger partial charge in [0.05, 0.1) is 28.8 Å². The lowest BCUT2D eigenvalue weighted by Gasteiger charge is -2.17. The quantitative estimate of drug-likeness (QED) is 0.175. The van der Waals surface area contributed by atoms with Crippen LogP contribution in [0.3, 0.4) is 0 Å². The number of aliphatic carboxylic acids is 1. The molecule has 222 valence electrons. The number of aromatic amines is 1. The summed E-state index contributed by atoms with van der Waals surface area (Å²) < 4.78 is 7.88. The lowest BCUT2D eigenvalue weighted by molar-refractivity contribution is -0.142. The normalized spacial score (nSPS) is 16.7. The molecule has 2 aromatic carbocycles. The molecule has 1 aliphatic carbocycles. The van der Waals surface area contributed by atoms with Crippen molar-refractivity contribution >= 4 is 46.0 Å². The fraction of sp³-hybridized carbons (Fsp3) is 0.406. The second-order valence-corrected chi connectivity index (χ2v) is 12.1. The second kappa shape index (κ2) is 12.0. The van der Waals surface area contributed by atoms with Gasteiger partial charge in [0.15, 0.2) is 0 Å². The summed E-state index contributed by atoms with van der Waals surface area (Å²) in [5, 5.41) is 19.4. The Balaban J connectivity index is 1.50. The predicted molar refractivity (Wildman–Crippen MR) is 166 cm³/mol. The molecule has 0 unspecified atom stereocenters. The molecular formula is C32H36Cl2N4O4. The van der Waals surface area contributed by atoms with Gasteiger partial charge in [0, 0.05) is 40.3 Å². The van der Waals surface area contributed by atoms with Gasteiger partial charge >= 0.3 is 5.97 Å². The van der Waals surface area contributed by atoms with E-state index in [-0.39, 0.29) is 5.91 Å². The van der Waals surface area contributed by atoms with Crippen LogP contribution in [0.5, 0.6) is 5.75 Å². The van der Waals surface area contributed by atoms with E-state index in [4.69, 9.17) is 27.9 Å². The zero-order valence-corrected chi connectivity index (χ0v) is 26.0. The maximum absolute atomic E-state index is 13.8. The third-order valence-corrected chi connectivity index (χ3v) is 9.33. The highest BCUT2D eigenvalue weighted by Gasteiger charge is 2.35. The smallest absolute Gasteiger partial charge is 0.308 e. The zero-order chi connectivity index (χ0) is 30.3. The Morgan fingerprint density at radius 3 is 2.48 bits per heavy atom. The highest BCUT2D eigenvalue weighted by molar-refractivity contribution is 6.35. The maximum Gasteiger partial charge on any atom is 0.308 e. The van der Waals surface area contributed by atoms with Gasteiger partial charge in [0.1, 0.15) is 11.4 Å². The summed E-state index contributed by atoms with van der Waals surface area (Å²) in [5.74, 6) is -1.03. The largest absolute Gasteiger partial charge is 0.494 e. The van der Waals surface area contributed by atoms with Crippen LogP contribution in [0.15, 0.2) is 24.3 Å². The van der Waals surface area contributed by atoms with Crippen LogP contribution >= 0.6 is 23.2 Å². The Bertz CT molecular complexity index is 1670. The van der Waals surface area contributed by atoms with Crippen molar-refractivity contribution in [3.05, 3.63) is 68.1 Å². The van der Waals surface area contributed by atoms with E-state index in [9.17, 15) is 14.7 Å². The van der Waals surface area contributed by atoms with Crippen LogP contribution in [-0.4, -0.2) is 44.4 Å². The highest BCUT2D eigenvalue weighted by Crippen LogP contribution is 2.40. The molecule has 0 spiro atoms. The van der Waals surface area contributed by atoms with Crippen LogP contribution in [0, 0.1) is 33.6 Å². The second-order valence-electron chi connectivity index (χ2n) is 11.3. The Morgan fingerprint density at radius 2 is 1.83 bits per heavy atom. The first-order chi connectivity index (χ1) is 20.0. The maximum atomic E-state index is 13.8. The van der Waals surface area contributed by atoms with Crippen molar-refractivity contribution in [2.24, 2.45) is 13.0 Å². The van der Waals surface area contributed by atoms with Crippen molar-refractivity contribution in [3.63, 3.8) is 0 Å². The van der Waals surface area contributed by atoms with Crippen LogP contribution < -0.4 is 10.1 Å². The van der Waals surface area contributed by atoms with Gasteiger partial charge in [-0.3, -0.25) is 14.3 Å². The standard InChI is InChI=1S/C32H36Cl2N4O4/c1-16-14-20(15-17(2)28(16)34)42-13-7-9-21-22-11-12-24(33)27(26-18(3)37-38(5)19(26)4)29(22)36-30(21)31(39)35-25-10-6-8-23(25)32(40)41/h11-12,14-15,23,25,36H,6-10,13H2,1-5H3,(H,35,39)(H,40,41)/t23-,25+/m1/s1. The van der Waals surface area contributed by atoms with E-state index in [0.29, 0.717) is 43.0 Å². The lowest BCUT2D eigenvalue weighted by atomic mass is 9.98. The monoisotopic (exact) mass is 610 g/mol. The molecule has 2 atom stereocenters. The molecule has 1 fully saturated rings. The van der Waals surface area contributed by atoms with Gasteiger partial charge in [-0.05, 0) is 88.3 Å². The number of carbonyl (C=O) groups excluding carboxylic acids is 1. The highest BCUT2D eigenvalue weighted by atomic mass is 35.5. The molecule has 42 heavy (non-hydrogen) atoms. The minimum atomic E-state index is -0.879. The molecule has 1 aliphatic rings. The van der Waals surface area contributed by atoms with Gasteiger partial charge in [-0.1, -0.05) is 35.7 Å². The summed E-state index contributed by atoms with van der Waals surface area (Å²) in [6, 6.07) is 7.23. The first kappa shape index (κ1) is 30.0. The van der Waals surface area contributed by atoms with Crippen molar-refractivity contribution in [1.29, 1.82) is 0 Å². The lowest BCUT2D eigenvalue weighted by Crippen LogP contribution is -2.40. The number of amides is 1. The van der Waals surface area contributed by atoms with E-state index in [1.165, 1.54) is 0 Å².